The Balaban J connectivity index is 3.56. The molecule has 0 rings (SSSR count). The van der Waals surface area contributed by atoms with Crippen molar-refractivity contribution in [1.82, 2.24) is 0 Å². The van der Waals surface area contributed by atoms with E-state index in [0.717, 1.165) is 19.3 Å². The van der Waals surface area contributed by atoms with Crippen molar-refractivity contribution in [3.8, 4) is 0 Å². The van der Waals surface area contributed by atoms with E-state index in [9.17, 15) is 9.59 Å². The van der Waals surface area contributed by atoms with Crippen molar-refractivity contribution in [2.24, 2.45) is 0 Å². The monoisotopic (exact) mass is 156 g/mol. The third-order valence-corrected chi connectivity index (χ3v) is 1.55. The van der Waals surface area contributed by atoms with Crippen LogP contribution in [0.4, 0.5) is 0 Å². The van der Waals surface area contributed by atoms with Crippen LogP contribution in [0.15, 0.2) is 0 Å². The number of Topliss-reactive ketones (excluding diaryl/α,β-unsaturated/α-hetero) is 2. The normalized spacial score (nSPS) is 9.64. The highest BCUT2D eigenvalue weighted by Gasteiger charge is 2.10. The second-order valence-corrected chi connectivity index (χ2v) is 2.70. The van der Waals surface area contributed by atoms with E-state index in [2.05, 4.69) is 0 Å². The highest BCUT2D eigenvalue weighted by Crippen LogP contribution is 1.99. The van der Waals surface area contributed by atoms with E-state index in [-0.39, 0.29) is 11.6 Å². The minimum absolute atomic E-state index is 0.186. The van der Waals surface area contributed by atoms with Crippen LogP contribution >= 0.6 is 0 Å². The average Bonchev–Trinajstić information content (AvgIpc) is 2.00. The molecule has 0 saturated carbocycles. The summed E-state index contributed by atoms with van der Waals surface area (Å²) < 4.78 is 0. The van der Waals surface area contributed by atoms with Crippen molar-refractivity contribution >= 4 is 11.6 Å². The van der Waals surface area contributed by atoms with Crippen molar-refractivity contribution in [3.63, 3.8) is 0 Å². The van der Waals surface area contributed by atoms with Gasteiger partial charge in [-0.15, -0.1) is 0 Å². The molecule has 2 heteroatoms. The first kappa shape index (κ1) is 10.3. The molecule has 64 valence electrons. The van der Waals surface area contributed by atoms with Crippen molar-refractivity contribution in [2.45, 2.75) is 46.0 Å². The first-order valence-electron chi connectivity index (χ1n) is 4.28. The van der Waals surface area contributed by atoms with E-state index >= 15 is 0 Å². The third-order valence-electron chi connectivity index (χ3n) is 1.55. The van der Waals surface area contributed by atoms with Crippen molar-refractivity contribution in [3.05, 3.63) is 0 Å². The minimum Gasteiger partial charge on any atom is -0.291 e. The minimum atomic E-state index is -0.194. The molecule has 0 aromatic carbocycles. The first-order chi connectivity index (χ1) is 5.22. The highest BCUT2D eigenvalue weighted by atomic mass is 16.2. The molecule has 0 unspecified atom stereocenters. The van der Waals surface area contributed by atoms with Gasteiger partial charge >= 0.3 is 0 Å². The molecule has 2 nitrogen and oxygen atoms in total. The molecular formula is C9H16O2. The second-order valence-electron chi connectivity index (χ2n) is 2.70. The first-order valence-corrected chi connectivity index (χ1v) is 4.28. The second kappa shape index (κ2) is 6.08. The van der Waals surface area contributed by atoms with Gasteiger partial charge in [0.25, 0.3) is 0 Å². The molecule has 0 radical (unpaired) electrons. The Morgan fingerprint density at radius 1 is 0.909 bits per heavy atom. The van der Waals surface area contributed by atoms with Crippen molar-refractivity contribution in [2.75, 3.05) is 0 Å². The lowest BCUT2D eigenvalue weighted by Crippen LogP contribution is -2.12. The molecule has 0 aliphatic heterocycles. The summed E-state index contributed by atoms with van der Waals surface area (Å²) >= 11 is 0. The molecule has 0 spiro atoms. The van der Waals surface area contributed by atoms with Crippen LogP contribution in [0.3, 0.4) is 0 Å². The molecule has 0 aromatic rings. The summed E-state index contributed by atoms with van der Waals surface area (Å²) in [5, 5.41) is 0. The van der Waals surface area contributed by atoms with Crippen LogP contribution in [0, 0.1) is 0 Å². The molecular weight excluding hydrogens is 140 g/mol. The predicted molar refractivity (Wildman–Crippen MR) is 44.4 cm³/mol. The predicted octanol–water partition coefficient (Wildman–Crippen LogP) is 2.11. The molecule has 0 aromatic heterocycles. The summed E-state index contributed by atoms with van der Waals surface area (Å²) in [7, 11) is 0. The smallest absolute Gasteiger partial charge is 0.198 e. The Hall–Kier alpha value is -0.660. The Labute approximate surface area is 68.0 Å². The largest absolute Gasteiger partial charge is 0.291 e. The molecule has 0 N–H and O–H groups in total. The van der Waals surface area contributed by atoms with E-state index in [1.54, 1.807) is 0 Å². The van der Waals surface area contributed by atoms with E-state index in [4.69, 9.17) is 0 Å². The summed E-state index contributed by atoms with van der Waals surface area (Å²) in [6, 6.07) is 0. The molecule has 0 atom stereocenters. The zero-order valence-corrected chi connectivity index (χ0v) is 7.35. The van der Waals surface area contributed by atoms with Gasteiger partial charge < -0.3 is 0 Å². The molecule has 0 amide bonds. The highest BCUT2D eigenvalue weighted by molar-refractivity contribution is 6.37. The maximum absolute atomic E-state index is 10.9. The maximum Gasteiger partial charge on any atom is 0.198 e. The quantitative estimate of drug-likeness (QED) is 0.552. The number of hydrogen-bond donors (Lipinski definition) is 0. The third kappa shape index (κ3) is 4.71. The van der Waals surface area contributed by atoms with Crippen LogP contribution in [0.1, 0.15) is 46.0 Å². The number of carbonyl (C=O) groups is 2. The molecule has 0 aliphatic carbocycles. The van der Waals surface area contributed by atoms with Gasteiger partial charge in [-0.05, 0) is 12.8 Å². The summed E-state index contributed by atoms with van der Waals surface area (Å²) in [5.74, 6) is -0.380. The van der Waals surface area contributed by atoms with Gasteiger partial charge in [0.05, 0.1) is 0 Å². The number of carbonyl (C=O) groups excluding carboxylic acids is 2. The van der Waals surface area contributed by atoms with Gasteiger partial charge in [-0.25, -0.2) is 0 Å². The summed E-state index contributed by atoms with van der Waals surface area (Å²) in [6.45, 7) is 3.92. The van der Waals surface area contributed by atoms with Gasteiger partial charge in [0, 0.05) is 12.8 Å². The molecule has 0 saturated heterocycles. The Kier molecular flexibility index (Phi) is 5.71. The van der Waals surface area contributed by atoms with Crippen LogP contribution < -0.4 is 0 Å². The zero-order chi connectivity index (χ0) is 8.69. The van der Waals surface area contributed by atoms with Crippen LogP contribution in [0.2, 0.25) is 0 Å². The SMILES string of the molecule is CCCCC(=O)C(=O)CCC. The Morgan fingerprint density at radius 3 is 1.91 bits per heavy atom. The number of hydrogen-bond acceptors (Lipinski definition) is 2. The lowest BCUT2D eigenvalue weighted by atomic mass is 10.1. The van der Waals surface area contributed by atoms with E-state index in [1.807, 2.05) is 13.8 Å². The van der Waals surface area contributed by atoms with Gasteiger partial charge in [0.15, 0.2) is 11.6 Å². The van der Waals surface area contributed by atoms with E-state index in [1.165, 1.54) is 0 Å². The van der Waals surface area contributed by atoms with Gasteiger partial charge in [0.1, 0.15) is 0 Å². The van der Waals surface area contributed by atoms with Gasteiger partial charge in [-0.3, -0.25) is 9.59 Å². The maximum atomic E-state index is 10.9. The number of rotatable bonds is 6. The van der Waals surface area contributed by atoms with Crippen LogP contribution in [-0.2, 0) is 9.59 Å². The average molecular weight is 156 g/mol. The molecule has 0 fully saturated rings. The standard InChI is InChI=1S/C9H16O2/c1-3-5-7-9(11)8(10)6-4-2/h3-7H2,1-2H3. The number of unbranched alkanes of at least 4 members (excludes halogenated alkanes) is 1. The zero-order valence-electron chi connectivity index (χ0n) is 7.35. The van der Waals surface area contributed by atoms with E-state index in [0.29, 0.717) is 12.8 Å². The summed E-state index contributed by atoms with van der Waals surface area (Å²) in [6.07, 6.45) is 3.45. The number of ketones is 2. The van der Waals surface area contributed by atoms with Gasteiger partial charge in [-0.2, -0.15) is 0 Å². The Bertz CT molecular complexity index is 138. The van der Waals surface area contributed by atoms with Crippen LogP contribution in [-0.4, -0.2) is 11.6 Å². The molecule has 0 bridgehead atoms. The summed E-state index contributed by atoms with van der Waals surface area (Å²) in [4.78, 5) is 21.8. The van der Waals surface area contributed by atoms with Crippen molar-refractivity contribution < 1.29 is 9.59 Å². The molecule has 11 heavy (non-hydrogen) atoms. The van der Waals surface area contributed by atoms with Crippen LogP contribution in [0.5, 0.6) is 0 Å². The van der Waals surface area contributed by atoms with Gasteiger partial charge in [-0.1, -0.05) is 20.3 Å². The lowest BCUT2D eigenvalue weighted by molar-refractivity contribution is -0.136. The summed E-state index contributed by atoms with van der Waals surface area (Å²) in [5.41, 5.74) is 0. The molecule has 0 aliphatic rings. The Morgan fingerprint density at radius 2 is 1.45 bits per heavy atom. The van der Waals surface area contributed by atoms with Crippen LogP contribution in [0.25, 0.3) is 0 Å². The fraction of sp³-hybridized carbons (Fsp3) is 0.778. The fourth-order valence-corrected chi connectivity index (χ4v) is 0.843. The fourth-order valence-electron chi connectivity index (χ4n) is 0.843. The van der Waals surface area contributed by atoms with E-state index < -0.39 is 0 Å². The topological polar surface area (TPSA) is 34.1 Å². The lowest BCUT2D eigenvalue weighted by Gasteiger charge is -1.95. The van der Waals surface area contributed by atoms with Crippen molar-refractivity contribution in [1.29, 1.82) is 0 Å². The van der Waals surface area contributed by atoms with Gasteiger partial charge in [0.2, 0.25) is 0 Å². The molecule has 0 heterocycles.